The van der Waals surface area contributed by atoms with Crippen LogP contribution in [0.5, 0.6) is 0 Å². The Morgan fingerprint density at radius 1 is 1.56 bits per heavy atom. The van der Waals surface area contributed by atoms with Crippen molar-refractivity contribution >= 4 is 29.0 Å². The smallest absolute Gasteiger partial charge is 0.261 e. The summed E-state index contributed by atoms with van der Waals surface area (Å²) in [5.41, 5.74) is 0.965. The van der Waals surface area contributed by atoms with Crippen molar-refractivity contribution in [2.45, 2.75) is 38.0 Å². The zero-order chi connectivity index (χ0) is 13.2. The van der Waals surface area contributed by atoms with Crippen molar-refractivity contribution in [2.24, 2.45) is 0 Å². The van der Waals surface area contributed by atoms with Crippen LogP contribution in [0.1, 0.15) is 40.4 Å². The zero-order valence-corrected chi connectivity index (χ0v) is 12.4. The molecule has 3 nitrogen and oxygen atoms in total. The number of hydrogen-bond acceptors (Lipinski definition) is 4. The van der Waals surface area contributed by atoms with Gasteiger partial charge in [0.05, 0.1) is 4.88 Å². The fourth-order valence-corrected chi connectivity index (χ4v) is 4.24. The lowest BCUT2D eigenvalue weighted by molar-refractivity contribution is 0.0903. The van der Waals surface area contributed by atoms with Gasteiger partial charge in [0.15, 0.2) is 0 Å². The Hall–Kier alpha value is -0.520. The van der Waals surface area contributed by atoms with Gasteiger partial charge in [-0.25, -0.2) is 0 Å². The van der Waals surface area contributed by atoms with Crippen molar-refractivity contribution < 1.29 is 9.90 Å². The fraction of sp³-hybridized carbons (Fsp3) is 0.615. The highest BCUT2D eigenvalue weighted by atomic mass is 32.2. The summed E-state index contributed by atoms with van der Waals surface area (Å²) in [5, 5.41) is 12.0. The Labute approximate surface area is 116 Å². The number of aliphatic hydroxyl groups is 1. The topological polar surface area (TPSA) is 49.3 Å². The molecule has 0 aromatic carbocycles. The minimum atomic E-state index is -0.356. The van der Waals surface area contributed by atoms with Crippen LogP contribution in [0, 0.1) is 0 Å². The molecule has 2 rings (SSSR count). The standard InChI is InChI=1S/C13H19NO2S2/c1-13(2,4-5-15)14-12(16)11-7-9-8-17-6-3-10(9)18-11/h7,15H,3-6,8H2,1-2H3,(H,14,16). The van der Waals surface area contributed by atoms with E-state index in [0.717, 1.165) is 22.8 Å². The lowest BCUT2D eigenvalue weighted by atomic mass is 10.0. The summed E-state index contributed by atoms with van der Waals surface area (Å²) in [5.74, 6) is 2.17. The number of aliphatic hydroxyl groups excluding tert-OH is 1. The van der Waals surface area contributed by atoms with Crippen LogP contribution < -0.4 is 5.32 Å². The van der Waals surface area contributed by atoms with E-state index >= 15 is 0 Å². The molecule has 0 radical (unpaired) electrons. The second kappa shape index (κ2) is 5.63. The van der Waals surface area contributed by atoms with E-state index in [2.05, 4.69) is 5.32 Å². The van der Waals surface area contributed by atoms with Crippen molar-refractivity contribution in [2.75, 3.05) is 12.4 Å². The molecular weight excluding hydrogens is 266 g/mol. The summed E-state index contributed by atoms with van der Waals surface area (Å²) in [6, 6.07) is 2.02. The molecule has 0 saturated heterocycles. The van der Waals surface area contributed by atoms with Crippen LogP contribution >= 0.6 is 23.1 Å². The molecule has 5 heteroatoms. The average Bonchev–Trinajstić information content (AvgIpc) is 2.71. The second-order valence-electron chi connectivity index (χ2n) is 5.17. The van der Waals surface area contributed by atoms with E-state index in [-0.39, 0.29) is 18.1 Å². The largest absolute Gasteiger partial charge is 0.396 e. The minimum Gasteiger partial charge on any atom is -0.396 e. The van der Waals surface area contributed by atoms with Crippen molar-refractivity contribution in [1.82, 2.24) is 5.32 Å². The summed E-state index contributed by atoms with van der Waals surface area (Å²) >= 11 is 3.54. The molecule has 2 N–H and O–H groups in total. The summed E-state index contributed by atoms with van der Waals surface area (Å²) in [6.45, 7) is 3.96. The highest BCUT2D eigenvalue weighted by Gasteiger charge is 2.23. The van der Waals surface area contributed by atoms with Gasteiger partial charge in [-0.3, -0.25) is 4.79 Å². The van der Waals surface area contributed by atoms with Gasteiger partial charge in [0, 0.05) is 22.8 Å². The molecule has 0 atom stereocenters. The third kappa shape index (κ3) is 3.28. The molecule has 0 fully saturated rings. The van der Waals surface area contributed by atoms with Crippen molar-refractivity contribution in [1.29, 1.82) is 0 Å². The first-order valence-electron chi connectivity index (χ1n) is 6.14. The predicted octanol–water partition coefficient (Wildman–Crippen LogP) is 2.43. The number of hydrogen-bond donors (Lipinski definition) is 2. The van der Waals surface area contributed by atoms with Gasteiger partial charge in [-0.05, 0) is 44.1 Å². The summed E-state index contributed by atoms with van der Waals surface area (Å²) in [4.78, 5) is 14.3. The number of thiophene rings is 1. The maximum absolute atomic E-state index is 12.2. The number of rotatable bonds is 4. The lowest BCUT2D eigenvalue weighted by Gasteiger charge is -2.24. The number of nitrogens with one attached hydrogen (secondary N) is 1. The van der Waals surface area contributed by atoms with Gasteiger partial charge in [0.1, 0.15) is 0 Å². The molecule has 0 aliphatic carbocycles. The van der Waals surface area contributed by atoms with Gasteiger partial charge in [-0.1, -0.05) is 0 Å². The third-order valence-corrected chi connectivity index (χ3v) is 5.28. The maximum Gasteiger partial charge on any atom is 0.261 e. The minimum absolute atomic E-state index is 0.0159. The van der Waals surface area contributed by atoms with Gasteiger partial charge >= 0.3 is 0 Å². The van der Waals surface area contributed by atoms with Gasteiger partial charge in [0.2, 0.25) is 0 Å². The molecule has 1 amide bonds. The van der Waals surface area contributed by atoms with Crippen LogP contribution in [0.3, 0.4) is 0 Å². The first-order valence-corrected chi connectivity index (χ1v) is 8.12. The Kier molecular flexibility index (Phi) is 4.35. The summed E-state index contributed by atoms with van der Waals surface area (Å²) in [6.07, 6.45) is 1.65. The number of amides is 1. The third-order valence-electron chi connectivity index (χ3n) is 3.04. The van der Waals surface area contributed by atoms with Crippen molar-refractivity contribution in [3.05, 3.63) is 21.4 Å². The molecule has 1 aromatic heterocycles. The molecule has 1 aliphatic rings. The predicted molar refractivity (Wildman–Crippen MR) is 77.4 cm³/mol. The van der Waals surface area contributed by atoms with Crippen molar-refractivity contribution in [3.8, 4) is 0 Å². The molecule has 0 unspecified atom stereocenters. The SMILES string of the molecule is CC(C)(CCO)NC(=O)c1cc2c(s1)CCSC2. The second-order valence-corrected chi connectivity index (χ2v) is 7.42. The quantitative estimate of drug-likeness (QED) is 0.893. The van der Waals surface area contributed by atoms with Gasteiger partial charge in [-0.2, -0.15) is 11.8 Å². The number of fused-ring (bicyclic) bond motifs is 1. The van der Waals surface area contributed by atoms with E-state index in [1.165, 1.54) is 10.4 Å². The highest BCUT2D eigenvalue weighted by molar-refractivity contribution is 7.98. The van der Waals surface area contributed by atoms with Gasteiger partial charge in [-0.15, -0.1) is 11.3 Å². The normalized spacial score (nSPS) is 15.3. The van der Waals surface area contributed by atoms with Crippen LogP contribution in [0.2, 0.25) is 0 Å². The van der Waals surface area contributed by atoms with Crippen LogP contribution in [-0.4, -0.2) is 28.9 Å². The first-order chi connectivity index (χ1) is 8.52. The molecule has 18 heavy (non-hydrogen) atoms. The van der Waals surface area contributed by atoms with Gasteiger partial charge < -0.3 is 10.4 Å². The average molecular weight is 285 g/mol. The molecule has 0 spiro atoms. The first kappa shape index (κ1) is 13.9. The molecule has 2 heterocycles. The van der Waals surface area contributed by atoms with E-state index < -0.39 is 0 Å². The van der Waals surface area contributed by atoms with Gasteiger partial charge in [0.25, 0.3) is 5.91 Å². The van der Waals surface area contributed by atoms with E-state index in [4.69, 9.17) is 5.11 Å². The molecule has 0 saturated carbocycles. The Morgan fingerprint density at radius 2 is 2.33 bits per heavy atom. The fourth-order valence-electron chi connectivity index (χ4n) is 1.97. The van der Waals surface area contributed by atoms with Crippen LogP contribution in [0.25, 0.3) is 0 Å². The Balaban J connectivity index is 2.07. The number of carbonyl (C=O) groups is 1. The van der Waals surface area contributed by atoms with Crippen LogP contribution in [0.4, 0.5) is 0 Å². The van der Waals surface area contributed by atoms with E-state index in [1.54, 1.807) is 11.3 Å². The molecular formula is C13H19NO2S2. The van der Waals surface area contributed by atoms with Crippen molar-refractivity contribution in [3.63, 3.8) is 0 Å². The highest BCUT2D eigenvalue weighted by Crippen LogP contribution is 2.31. The zero-order valence-electron chi connectivity index (χ0n) is 10.8. The number of thioether (sulfide) groups is 1. The van der Waals surface area contributed by atoms with E-state index in [9.17, 15) is 4.79 Å². The van der Waals surface area contributed by atoms with E-state index in [0.29, 0.717) is 6.42 Å². The molecule has 100 valence electrons. The Morgan fingerprint density at radius 3 is 3.00 bits per heavy atom. The monoisotopic (exact) mass is 285 g/mol. The molecule has 1 aliphatic heterocycles. The van der Waals surface area contributed by atoms with Crippen LogP contribution in [-0.2, 0) is 12.2 Å². The maximum atomic E-state index is 12.2. The Bertz CT molecular complexity index is 417. The number of carbonyl (C=O) groups excluding carboxylic acids is 1. The van der Waals surface area contributed by atoms with E-state index in [1.807, 2.05) is 31.7 Å². The molecule has 0 bridgehead atoms. The molecule has 1 aromatic rings. The number of aryl methyl sites for hydroxylation is 1. The van der Waals surface area contributed by atoms with Crippen LogP contribution in [0.15, 0.2) is 6.07 Å². The lowest BCUT2D eigenvalue weighted by Crippen LogP contribution is -2.43. The summed E-state index contributed by atoms with van der Waals surface area (Å²) in [7, 11) is 0. The summed E-state index contributed by atoms with van der Waals surface area (Å²) < 4.78 is 0.